The van der Waals surface area contributed by atoms with Crippen LogP contribution in [0.25, 0.3) is 83.9 Å². The van der Waals surface area contributed by atoms with E-state index in [-0.39, 0.29) is 5.75 Å². The highest BCUT2D eigenvalue weighted by molar-refractivity contribution is 5.98. The summed E-state index contributed by atoms with van der Waals surface area (Å²) < 4.78 is 11.1. The number of imidazole rings is 1. The third kappa shape index (κ3) is 6.88. The molecule has 0 amide bonds. The maximum atomic E-state index is 11.8. The molecule has 7 aromatic carbocycles. The van der Waals surface area contributed by atoms with Gasteiger partial charge in [0.2, 0.25) is 0 Å². The summed E-state index contributed by atoms with van der Waals surface area (Å²) in [6.45, 7) is 9.92. The van der Waals surface area contributed by atoms with E-state index in [9.17, 15) is 5.11 Å². The standard InChI is InChI=1S/C54H45N3O/c1-34(2)41-23-24-50(47(32-41)40-15-10-7-11-16-40)57-51-18-12-17-46(52(51)56-54(57)48-28-36(4)27-37(5)53(48)58)44-29-43(38-13-8-6-9-14-38)30-45(31-44)49-33-42(25-26-55-49)39-21-19-35(3)20-22-39/h6-34,58H,1-5H3/i34D. The van der Waals surface area contributed by atoms with E-state index in [2.05, 4.69) is 133 Å². The largest absolute Gasteiger partial charge is 0.507 e. The zero-order valence-electron chi connectivity index (χ0n) is 34.5. The molecule has 0 unspecified atom stereocenters. The summed E-state index contributed by atoms with van der Waals surface area (Å²) in [5.41, 5.74) is 17.5. The van der Waals surface area contributed by atoms with Gasteiger partial charge in [-0.15, -0.1) is 0 Å². The van der Waals surface area contributed by atoms with E-state index in [1.54, 1.807) is 0 Å². The fourth-order valence-electron chi connectivity index (χ4n) is 8.02. The van der Waals surface area contributed by atoms with Crippen molar-refractivity contribution in [1.82, 2.24) is 14.5 Å². The third-order valence-electron chi connectivity index (χ3n) is 11.1. The Hall–Kier alpha value is -7.04. The molecule has 0 aliphatic carbocycles. The number of aromatic nitrogens is 3. The van der Waals surface area contributed by atoms with Gasteiger partial charge in [-0.05, 0) is 131 Å². The molecule has 0 bridgehead atoms. The Labute approximate surface area is 342 Å². The molecule has 0 atom stereocenters. The number of benzene rings is 7. The van der Waals surface area contributed by atoms with Crippen LogP contribution in [0.3, 0.4) is 0 Å². The molecule has 2 aromatic heterocycles. The number of aryl methyl sites for hydroxylation is 3. The summed E-state index contributed by atoms with van der Waals surface area (Å²) in [7, 11) is 0. The smallest absolute Gasteiger partial charge is 0.149 e. The van der Waals surface area contributed by atoms with Crippen molar-refractivity contribution in [1.29, 1.82) is 0 Å². The molecule has 9 aromatic rings. The molecule has 0 radical (unpaired) electrons. The van der Waals surface area contributed by atoms with Crippen LogP contribution in [0.1, 0.15) is 43.4 Å². The van der Waals surface area contributed by atoms with Crippen molar-refractivity contribution in [3.05, 3.63) is 192 Å². The molecular formula is C54H45N3O. The number of nitrogens with zero attached hydrogens (tertiary/aromatic N) is 3. The Bertz CT molecular complexity index is 3000. The predicted molar refractivity (Wildman–Crippen MR) is 241 cm³/mol. The molecule has 1 N–H and O–H groups in total. The molecule has 0 saturated carbocycles. The first kappa shape index (κ1) is 35.4. The number of phenolic OH excluding ortho intramolecular Hbond substituents is 1. The minimum atomic E-state index is -0.809. The van der Waals surface area contributed by atoms with Crippen LogP contribution in [0.15, 0.2) is 170 Å². The highest BCUT2D eigenvalue weighted by Crippen LogP contribution is 2.43. The molecule has 2 heterocycles. The van der Waals surface area contributed by atoms with E-state index in [1.807, 2.05) is 76.4 Å². The van der Waals surface area contributed by atoms with Crippen LogP contribution in [-0.4, -0.2) is 19.6 Å². The van der Waals surface area contributed by atoms with Gasteiger partial charge in [0.05, 0.1) is 28.0 Å². The monoisotopic (exact) mass is 752 g/mol. The number of aromatic hydroxyl groups is 1. The van der Waals surface area contributed by atoms with Crippen molar-refractivity contribution in [3.8, 4) is 78.6 Å². The second-order valence-corrected chi connectivity index (χ2v) is 15.5. The van der Waals surface area contributed by atoms with Crippen molar-refractivity contribution >= 4 is 11.0 Å². The average Bonchev–Trinajstić information content (AvgIpc) is 3.64. The van der Waals surface area contributed by atoms with Gasteiger partial charge in [0.25, 0.3) is 0 Å². The molecule has 282 valence electrons. The van der Waals surface area contributed by atoms with Crippen LogP contribution in [0, 0.1) is 20.8 Å². The molecule has 9 rings (SSSR count). The van der Waals surface area contributed by atoms with E-state index < -0.39 is 5.89 Å². The van der Waals surface area contributed by atoms with Gasteiger partial charge >= 0.3 is 0 Å². The molecule has 0 aliphatic heterocycles. The van der Waals surface area contributed by atoms with Crippen LogP contribution >= 0.6 is 0 Å². The first-order valence-electron chi connectivity index (χ1n) is 20.3. The minimum absolute atomic E-state index is 0.201. The summed E-state index contributed by atoms with van der Waals surface area (Å²) in [5.74, 6) is 0.0299. The number of pyridine rings is 1. The number of hydrogen-bond acceptors (Lipinski definition) is 3. The van der Waals surface area contributed by atoms with E-state index in [0.29, 0.717) is 11.4 Å². The van der Waals surface area contributed by atoms with Crippen LogP contribution in [-0.2, 0) is 0 Å². The molecule has 4 nitrogen and oxygen atoms in total. The predicted octanol–water partition coefficient (Wildman–Crippen LogP) is 14.2. The van der Waals surface area contributed by atoms with Gasteiger partial charge in [-0.2, -0.15) is 0 Å². The Morgan fingerprint density at radius 3 is 1.97 bits per heavy atom. The van der Waals surface area contributed by atoms with Crippen molar-refractivity contribution in [3.63, 3.8) is 0 Å². The Morgan fingerprint density at radius 1 is 0.534 bits per heavy atom. The maximum Gasteiger partial charge on any atom is 0.149 e. The normalized spacial score (nSPS) is 11.8. The lowest BCUT2D eigenvalue weighted by atomic mass is 9.93. The zero-order chi connectivity index (χ0) is 40.8. The molecule has 0 fully saturated rings. The quantitative estimate of drug-likeness (QED) is 0.168. The lowest BCUT2D eigenvalue weighted by Gasteiger charge is -2.18. The number of fused-ring (bicyclic) bond motifs is 1. The fourth-order valence-corrected chi connectivity index (χ4v) is 8.02. The molecule has 0 saturated heterocycles. The summed E-state index contributed by atoms with van der Waals surface area (Å²) in [6.07, 6.45) is 1.89. The highest BCUT2D eigenvalue weighted by Gasteiger charge is 2.24. The van der Waals surface area contributed by atoms with Gasteiger partial charge < -0.3 is 5.11 Å². The van der Waals surface area contributed by atoms with E-state index in [1.165, 1.54) is 5.56 Å². The summed E-state index contributed by atoms with van der Waals surface area (Å²) >= 11 is 0. The van der Waals surface area contributed by atoms with Gasteiger partial charge in [0.1, 0.15) is 11.6 Å². The van der Waals surface area contributed by atoms with Gasteiger partial charge in [-0.25, -0.2) is 4.98 Å². The van der Waals surface area contributed by atoms with Crippen molar-refractivity contribution in [2.45, 2.75) is 40.5 Å². The Balaban J connectivity index is 1.32. The first-order chi connectivity index (χ1) is 28.5. The number of phenols is 1. The first-order valence-corrected chi connectivity index (χ1v) is 19.8. The van der Waals surface area contributed by atoms with E-state index in [4.69, 9.17) is 11.3 Å². The third-order valence-corrected chi connectivity index (χ3v) is 11.1. The fraction of sp³-hybridized carbons (Fsp3) is 0.111. The van der Waals surface area contributed by atoms with Gasteiger partial charge in [0.15, 0.2) is 0 Å². The van der Waals surface area contributed by atoms with E-state index >= 15 is 0 Å². The summed E-state index contributed by atoms with van der Waals surface area (Å²) in [4.78, 5) is 10.4. The number of hydrogen-bond donors (Lipinski definition) is 1. The molecule has 0 aliphatic rings. The van der Waals surface area contributed by atoms with Gasteiger partial charge in [0, 0.05) is 24.3 Å². The van der Waals surface area contributed by atoms with Gasteiger partial charge in [-0.3, -0.25) is 9.55 Å². The minimum Gasteiger partial charge on any atom is -0.507 e. The van der Waals surface area contributed by atoms with Gasteiger partial charge in [-0.1, -0.05) is 129 Å². The molecule has 4 heteroatoms. The zero-order valence-corrected chi connectivity index (χ0v) is 33.5. The average molecular weight is 753 g/mol. The number of para-hydroxylation sites is 1. The Morgan fingerprint density at radius 2 is 1.22 bits per heavy atom. The molecule has 58 heavy (non-hydrogen) atoms. The lowest BCUT2D eigenvalue weighted by molar-refractivity contribution is 0.472. The Kier molecular flexibility index (Phi) is 9.23. The van der Waals surface area contributed by atoms with E-state index in [0.717, 1.165) is 89.2 Å². The second-order valence-electron chi connectivity index (χ2n) is 15.5. The van der Waals surface area contributed by atoms with Crippen molar-refractivity contribution in [2.75, 3.05) is 0 Å². The number of rotatable bonds is 8. The summed E-state index contributed by atoms with van der Waals surface area (Å²) in [6, 6.07) is 56.9. The highest BCUT2D eigenvalue weighted by atomic mass is 16.3. The summed E-state index contributed by atoms with van der Waals surface area (Å²) in [5, 5.41) is 11.8. The molecule has 0 spiro atoms. The lowest BCUT2D eigenvalue weighted by Crippen LogP contribution is -2.02. The van der Waals surface area contributed by atoms with Crippen LogP contribution in [0.2, 0.25) is 0 Å². The van der Waals surface area contributed by atoms with Crippen molar-refractivity contribution < 1.29 is 6.48 Å². The van der Waals surface area contributed by atoms with Crippen LogP contribution in [0.4, 0.5) is 0 Å². The SMILES string of the molecule is [2H]C(C)(C)c1ccc(-n2c(-c3cc(C)cc(C)c3O)nc3c(-c4cc(-c5ccccc5)cc(-c5cc(-c6ccc(C)cc6)ccn5)c4)cccc32)c(-c2ccccc2)c1. The second kappa shape index (κ2) is 15.1. The molecular weight excluding hydrogens is 707 g/mol. The van der Waals surface area contributed by atoms with Crippen LogP contribution < -0.4 is 0 Å². The maximum absolute atomic E-state index is 11.8. The topological polar surface area (TPSA) is 50.9 Å². The van der Waals surface area contributed by atoms with Crippen LogP contribution in [0.5, 0.6) is 5.75 Å². The van der Waals surface area contributed by atoms with Crippen molar-refractivity contribution in [2.24, 2.45) is 0 Å².